The van der Waals surface area contributed by atoms with Crippen LogP contribution in [0.5, 0.6) is 0 Å². The number of fused-ring (bicyclic) bond motifs is 1. The van der Waals surface area contributed by atoms with Gasteiger partial charge in [0.1, 0.15) is 0 Å². The van der Waals surface area contributed by atoms with E-state index in [1.807, 2.05) is 42.8 Å². The molecule has 4 heteroatoms. The average molecular weight is 270 g/mol. The molecule has 0 saturated carbocycles. The Morgan fingerprint density at radius 3 is 2.95 bits per heavy atom. The Bertz CT molecular complexity index is 700. The molecule has 0 atom stereocenters. The number of carbonyl (C=O) groups is 1. The molecule has 0 spiro atoms. The molecule has 3 aromatic rings. The van der Waals surface area contributed by atoms with Crippen molar-refractivity contribution in [3.05, 3.63) is 58.4 Å². The number of nitrogens with one attached hydrogen (secondary N) is 1. The third-order valence-corrected chi connectivity index (χ3v) is 3.90. The van der Waals surface area contributed by atoms with Crippen LogP contribution in [0.25, 0.3) is 10.9 Å². The normalized spacial score (nSPS) is 10.8. The summed E-state index contributed by atoms with van der Waals surface area (Å²) in [5.74, 6) is 0.0450. The number of benzene rings is 1. The third-order valence-electron chi connectivity index (χ3n) is 3.17. The number of carbonyl (C=O) groups excluding carboxylic acids is 1. The monoisotopic (exact) mass is 270 g/mol. The van der Waals surface area contributed by atoms with E-state index in [0.29, 0.717) is 6.54 Å². The molecule has 1 N–H and O–H groups in total. The second-order valence-electron chi connectivity index (χ2n) is 4.54. The lowest BCUT2D eigenvalue weighted by atomic mass is 10.1. The van der Waals surface area contributed by atoms with E-state index in [1.165, 1.54) is 5.56 Å². The van der Waals surface area contributed by atoms with Gasteiger partial charge < -0.3 is 9.88 Å². The minimum atomic E-state index is 0.0450. The Hall–Kier alpha value is -2.07. The highest BCUT2D eigenvalue weighted by Crippen LogP contribution is 2.20. The van der Waals surface area contributed by atoms with Gasteiger partial charge in [0.2, 0.25) is 0 Å². The third kappa shape index (κ3) is 2.27. The van der Waals surface area contributed by atoms with Gasteiger partial charge in [-0.2, -0.15) is 11.3 Å². The summed E-state index contributed by atoms with van der Waals surface area (Å²) < 4.78 is 0. The molecule has 3 nitrogen and oxygen atoms in total. The van der Waals surface area contributed by atoms with Gasteiger partial charge in [-0.15, -0.1) is 0 Å². The number of H-pyrrole nitrogens is 1. The van der Waals surface area contributed by atoms with Crippen molar-refractivity contribution < 1.29 is 4.79 Å². The highest BCUT2D eigenvalue weighted by atomic mass is 32.1. The van der Waals surface area contributed by atoms with Crippen LogP contribution in [0.15, 0.2) is 47.3 Å². The van der Waals surface area contributed by atoms with Gasteiger partial charge >= 0.3 is 0 Å². The zero-order chi connectivity index (χ0) is 13.2. The fourth-order valence-corrected chi connectivity index (χ4v) is 2.84. The maximum Gasteiger partial charge on any atom is 0.256 e. The van der Waals surface area contributed by atoms with Crippen LogP contribution in [0.1, 0.15) is 15.9 Å². The van der Waals surface area contributed by atoms with Gasteiger partial charge in [-0.3, -0.25) is 4.79 Å². The van der Waals surface area contributed by atoms with Crippen LogP contribution in [-0.4, -0.2) is 22.8 Å². The molecule has 0 radical (unpaired) electrons. The summed E-state index contributed by atoms with van der Waals surface area (Å²) in [5, 5.41) is 5.07. The van der Waals surface area contributed by atoms with Crippen molar-refractivity contribution in [1.82, 2.24) is 9.88 Å². The molecule has 19 heavy (non-hydrogen) atoms. The molecular formula is C15H14N2OS. The van der Waals surface area contributed by atoms with E-state index in [9.17, 15) is 4.79 Å². The van der Waals surface area contributed by atoms with Gasteiger partial charge in [0, 0.05) is 30.7 Å². The Kier molecular flexibility index (Phi) is 3.09. The minimum Gasteiger partial charge on any atom is -0.360 e. The van der Waals surface area contributed by atoms with Crippen LogP contribution >= 0.6 is 11.3 Å². The van der Waals surface area contributed by atoms with Gasteiger partial charge in [0.15, 0.2) is 0 Å². The van der Waals surface area contributed by atoms with E-state index in [0.717, 1.165) is 16.5 Å². The molecule has 96 valence electrons. The highest BCUT2D eigenvalue weighted by molar-refractivity contribution is 7.07. The molecule has 0 bridgehead atoms. The average Bonchev–Trinajstić information content (AvgIpc) is 3.06. The molecule has 0 aliphatic rings. The van der Waals surface area contributed by atoms with Crippen LogP contribution in [-0.2, 0) is 6.54 Å². The number of hydrogen-bond acceptors (Lipinski definition) is 2. The Morgan fingerprint density at radius 2 is 2.16 bits per heavy atom. The number of rotatable bonds is 3. The molecule has 2 heterocycles. The van der Waals surface area contributed by atoms with E-state index in [1.54, 1.807) is 22.4 Å². The molecule has 2 aromatic heterocycles. The summed E-state index contributed by atoms with van der Waals surface area (Å²) in [6.07, 6.45) is 1.79. The fraction of sp³-hybridized carbons (Fsp3) is 0.133. The molecule has 0 aliphatic carbocycles. The van der Waals surface area contributed by atoms with Gasteiger partial charge in [0.25, 0.3) is 5.91 Å². The lowest BCUT2D eigenvalue weighted by Crippen LogP contribution is -2.25. The van der Waals surface area contributed by atoms with Crippen LogP contribution in [0.3, 0.4) is 0 Å². The van der Waals surface area contributed by atoms with Crippen LogP contribution in [0, 0.1) is 0 Å². The lowest BCUT2D eigenvalue weighted by Gasteiger charge is -2.15. The van der Waals surface area contributed by atoms with Gasteiger partial charge in [-0.05, 0) is 28.5 Å². The van der Waals surface area contributed by atoms with Crippen LogP contribution < -0.4 is 0 Å². The summed E-state index contributed by atoms with van der Waals surface area (Å²) in [6, 6.07) is 9.90. The van der Waals surface area contributed by atoms with Crippen molar-refractivity contribution in [2.75, 3.05) is 7.05 Å². The molecule has 3 rings (SSSR count). The van der Waals surface area contributed by atoms with Crippen molar-refractivity contribution >= 4 is 28.1 Å². The van der Waals surface area contributed by atoms with Gasteiger partial charge in [0.05, 0.1) is 5.56 Å². The largest absolute Gasteiger partial charge is 0.360 e. The Morgan fingerprint density at radius 1 is 1.32 bits per heavy atom. The van der Waals surface area contributed by atoms with E-state index in [4.69, 9.17) is 0 Å². The predicted molar refractivity (Wildman–Crippen MR) is 78.4 cm³/mol. The number of aromatic nitrogens is 1. The SMILES string of the molecule is CN(Cc1ccsc1)C(=O)c1c[nH]c2ccccc12. The topological polar surface area (TPSA) is 36.1 Å². The first kappa shape index (κ1) is 12.0. The summed E-state index contributed by atoms with van der Waals surface area (Å²) in [6.45, 7) is 0.641. The zero-order valence-electron chi connectivity index (χ0n) is 10.6. The number of aromatic amines is 1. The summed E-state index contributed by atoms with van der Waals surface area (Å²) in [7, 11) is 1.84. The molecule has 0 unspecified atom stereocenters. The quantitative estimate of drug-likeness (QED) is 0.777. The molecule has 0 saturated heterocycles. The smallest absolute Gasteiger partial charge is 0.256 e. The number of amides is 1. The Balaban J connectivity index is 1.87. The van der Waals surface area contributed by atoms with Crippen molar-refractivity contribution in [1.29, 1.82) is 0 Å². The van der Waals surface area contributed by atoms with E-state index < -0.39 is 0 Å². The van der Waals surface area contributed by atoms with Crippen LogP contribution in [0.4, 0.5) is 0 Å². The zero-order valence-corrected chi connectivity index (χ0v) is 11.4. The number of thiophene rings is 1. The summed E-state index contributed by atoms with van der Waals surface area (Å²) in [5.41, 5.74) is 2.89. The second-order valence-corrected chi connectivity index (χ2v) is 5.32. The fourth-order valence-electron chi connectivity index (χ4n) is 2.18. The maximum absolute atomic E-state index is 12.5. The van der Waals surface area contributed by atoms with Crippen molar-refractivity contribution in [2.45, 2.75) is 6.54 Å². The number of hydrogen-bond donors (Lipinski definition) is 1. The first-order valence-corrected chi connectivity index (χ1v) is 7.02. The van der Waals surface area contributed by atoms with E-state index in [-0.39, 0.29) is 5.91 Å². The minimum absolute atomic E-state index is 0.0450. The molecule has 1 aromatic carbocycles. The Labute approximate surface area is 115 Å². The van der Waals surface area contributed by atoms with E-state index >= 15 is 0 Å². The predicted octanol–water partition coefficient (Wildman–Crippen LogP) is 3.50. The van der Waals surface area contributed by atoms with Crippen molar-refractivity contribution in [3.8, 4) is 0 Å². The van der Waals surface area contributed by atoms with Crippen molar-refractivity contribution in [2.24, 2.45) is 0 Å². The maximum atomic E-state index is 12.5. The standard InChI is InChI=1S/C15H14N2OS/c1-17(9-11-6-7-19-10-11)15(18)13-8-16-14-5-3-2-4-12(13)14/h2-8,10,16H,9H2,1H3. The first-order valence-electron chi connectivity index (χ1n) is 6.08. The summed E-state index contributed by atoms with van der Waals surface area (Å²) >= 11 is 1.65. The molecular weight excluding hydrogens is 256 g/mol. The highest BCUT2D eigenvalue weighted by Gasteiger charge is 2.16. The van der Waals surface area contributed by atoms with E-state index in [2.05, 4.69) is 10.4 Å². The second kappa shape index (κ2) is 4.90. The van der Waals surface area contributed by atoms with Gasteiger partial charge in [-0.25, -0.2) is 0 Å². The number of nitrogens with zero attached hydrogens (tertiary/aromatic N) is 1. The lowest BCUT2D eigenvalue weighted by molar-refractivity contribution is 0.0787. The van der Waals surface area contributed by atoms with Crippen LogP contribution in [0.2, 0.25) is 0 Å². The first-order chi connectivity index (χ1) is 9.25. The van der Waals surface area contributed by atoms with Gasteiger partial charge in [-0.1, -0.05) is 18.2 Å². The summed E-state index contributed by atoms with van der Waals surface area (Å²) in [4.78, 5) is 17.3. The number of para-hydroxylation sites is 1. The molecule has 1 amide bonds. The molecule has 0 fully saturated rings. The molecule has 0 aliphatic heterocycles. The van der Waals surface area contributed by atoms with Crippen molar-refractivity contribution in [3.63, 3.8) is 0 Å².